The Morgan fingerprint density at radius 3 is 1.73 bits per heavy atom. The van der Waals surface area contributed by atoms with Crippen LogP contribution in [0.15, 0.2) is 18.2 Å². The van der Waals surface area contributed by atoms with Crippen molar-refractivity contribution in [3.8, 4) is 11.5 Å². The van der Waals surface area contributed by atoms with E-state index in [0.717, 1.165) is 17.1 Å². The highest BCUT2D eigenvalue weighted by Crippen LogP contribution is 2.33. The van der Waals surface area contributed by atoms with E-state index in [4.69, 9.17) is 13.3 Å². The van der Waals surface area contributed by atoms with Crippen LogP contribution in [0.3, 0.4) is 0 Å². The summed E-state index contributed by atoms with van der Waals surface area (Å²) in [6.45, 7) is 25.7. The van der Waals surface area contributed by atoms with Gasteiger partial charge in [0, 0.05) is 0 Å². The summed E-state index contributed by atoms with van der Waals surface area (Å²) in [7, 11) is -7.24. The summed E-state index contributed by atoms with van der Waals surface area (Å²) in [6.07, 6.45) is 0.572. The van der Waals surface area contributed by atoms with E-state index in [1.807, 2.05) is 31.8 Å². The molecule has 9 heteroatoms. The number of hydrogen-bond acceptors (Lipinski definition) is 5. The highest BCUT2D eigenvalue weighted by molar-refractivity contribution is 6.74. The lowest BCUT2D eigenvalue weighted by molar-refractivity contribution is -0.137. The van der Waals surface area contributed by atoms with Crippen molar-refractivity contribution in [2.45, 2.75) is 91.0 Å². The number of carbonyl (C=O) groups is 1. The second-order valence-electron chi connectivity index (χ2n) is 11.9. The third-order valence-corrected chi connectivity index (χ3v) is 7.27. The molecule has 1 aromatic rings. The maximum atomic E-state index is 12.9. The SMILES string of the molecule is C[Si](C)(C)N[C@H](Cc1ccc(O[Si](C)(C)C)c(O[Si](C)(C)C)c1)C(=O)O[Si](C)(C)C. The zero-order chi connectivity index (χ0) is 23.5. The van der Waals surface area contributed by atoms with E-state index in [-0.39, 0.29) is 12.0 Å². The van der Waals surface area contributed by atoms with Gasteiger partial charge in [0.05, 0.1) is 0 Å². The van der Waals surface area contributed by atoms with Crippen molar-refractivity contribution in [3.05, 3.63) is 23.8 Å². The summed E-state index contributed by atoms with van der Waals surface area (Å²) >= 11 is 0. The fourth-order valence-corrected chi connectivity index (χ4v) is 6.49. The van der Waals surface area contributed by atoms with Crippen molar-refractivity contribution in [2.24, 2.45) is 0 Å². The van der Waals surface area contributed by atoms with E-state index in [9.17, 15) is 4.79 Å². The highest BCUT2D eigenvalue weighted by atomic mass is 28.4. The van der Waals surface area contributed by atoms with Gasteiger partial charge in [0.1, 0.15) is 25.8 Å². The van der Waals surface area contributed by atoms with Gasteiger partial charge in [-0.3, -0.25) is 4.79 Å². The van der Waals surface area contributed by atoms with Crippen LogP contribution in [-0.2, 0) is 15.6 Å². The van der Waals surface area contributed by atoms with E-state index < -0.39 is 33.2 Å². The number of carbonyl (C=O) groups excluding carboxylic acids is 1. The van der Waals surface area contributed by atoms with Crippen LogP contribution < -0.4 is 13.8 Å². The van der Waals surface area contributed by atoms with Gasteiger partial charge in [-0.05, 0) is 83.0 Å². The van der Waals surface area contributed by atoms with Crippen molar-refractivity contribution >= 4 is 39.2 Å². The third-order valence-electron chi connectivity index (χ3n) is 3.58. The Hall–Kier alpha value is -0.882. The lowest BCUT2D eigenvalue weighted by Crippen LogP contribution is -2.54. The molecule has 0 saturated heterocycles. The first kappa shape index (κ1) is 27.2. The molecule has 0 saturated carbocycles. The summed E-state index contributed by atoms with van der Waals surface area (Å²) < 4.78 is 18.5. The van der Waals surface area contributed by atoms with Crippen LogP contribution in [0.25, 0.3) is 0 Å². The third kappa shape index (κ3) is 11.5. The van der Waals surface area contributed by atoms with Crippen LogP contribution in [0.4, 0.5) is 0 Å². The van der Waals surface area contributed by atoms with Crippen LogP contribution in [0.1, 0.15) is 5.56 Å². The maximum absolute atomic E-state index is 12.9. The van der Waals surface area contributed by atoms with Gasteiger partial charge >= 0.3 is 5.97 Å². The van der Waals surface area contributed by atoms with E-state index >= 15 is 0 Å². The molecule has 172 valence electrons. The molecule has 0 amide bonds. The molecule has 0 aromatic heterocycles. The first-order valence-corrected chi connectivity index (χ1v) is 24.5. The molecule has 0 heterocycles. The molecule has 0 aliphatic heterocycles. The molecule has 0 radical (unpaired) electrons. The molecule has 30 heavy (non-hydrogen) atoms. The molecule has 1 aromatic carbocycles. The Balaban J connectivity index is 3.24. The van der Waals surface area contributed by atoms with Crippen molar-refractivity contribution < 1.29 is 18.1 Å². The van der Waals surface area contributed by atoms with Crippen LogP contribution >= 0.6 is 0 Å². The molecule has 0 aliphatic carbocycles. The topological polar surface area (TPSA) is 56.8 Å². The van der Waals surface area contributed by atoms with Crippen LogP contribution in [-0.4, -0.2) is 45.2 Å². The standard InChI is InChI=1S/C21H43NO4Si4/c1-27(2,3)22-18(21(23)26-30(10,11)12)15-17-13-14-19(24-28(4,5)6)20(16-17)25-29(7,8)9/h13-14,16,18,22H,15H2,1-12H3/t18-/m1/s1. The number of benzene rings is 1. The monoisotopic (exact) mass is 485 g/mol. The number of rotatable bonds is 10. The Morgan fingerprint density at radius 2 is 1.30 bits per heavy atom. The van der Waals surface area contributed by atoms with Gasteiger partial charge in [0.2, 0.25) is 25.0 Å². The van der Waals surface area contributed by atoms with Crippen molar-refractivity contribution in [1.29, 1.82) is 0 Å². The fourth-order valence-electron chi connectivity index (χ4n) is 2.83. The average molecular weight is 486 g/mol. The summed E-state index contributed by atoms with van der Waals surface area (Å²) in [5, 5.41) is 0. The highest BCUT2D eigenvalue weighted by Gasteiger charge is 2.31. The van der Waals surface area contributed by atoms with Crippen molar-refractivity contribution in [1.82, 2.24) is 4.98 Å². The van der Waals surface area contributed by atoms with Gasteiger partial charge in [-0.15, -0.1) is 0 Å². The zero-order valence-corrected chi connectivity index (χ0v) is 25.1. The van der Waals surface area contributed by atoms with Gasteiger partial charge in [-0.25, -0.2) is 0 Å². The molecule has 5 nitrogen and oxygen atoms in total. The molecule has 0 unspecified atom stereocenters. The molecule has 0 aliphatic rings. The minimum atomic E-state index is -1.96. The van der Waals surface area contributed by atoms with Gasteiger partial charge in [0.25, 0.3) is 0 Å². The Kier molecular flexibility index (Phi) is 8.80. The van der Waals surface area contributed by atoms with Crippen LogP contribution in [0.2, 0.25) is 78.6 Å². The van der Waals surface area contributed by atoms with Gasteiger partial charge in [-0.1, -0.05) is 25.7 Å². The normalized spacial score (nSPS) is 14.3. The lowest BCUT2D eigenvalue weighted by atomic mass is 10.1. The molecule has 0 fully saturated rings. The predicted octanol–water partition coefficient (Wildman–Crippen LogP) is 5.83. The van der Waals surface area contributed by atoms with E-state index in [0.29, 0.717) is 6.42 Å². The molecule has 0 bridgehead atoms. The zero-order valence-electron chi connectivity index (χ0n) is 21.1. The summed E-state index contributed by atoms with van der Waals surface area (Å²) in [5.74, 6) is 1.45. The van der Waals surface area contributed by atoms with Gasteiger partial charge in [0.15, 0.2) is 0 Å². The summed E-state index contributed by atoms with van der Waals surface area (Å²) in [6, 6.07) is 5.74. The summed E-state index contributed by atoms with van der Waals surface area (Å²) in [5.41, 5.74) is 1.05. The Bertz CT molecular complexity index is 728. The minimum absolute atomic E-state index is 0.147. The molecular weight excluding hydrogens is 443 g/mol. The lowest BCUT2D eigenvalue weighted by Gasteiger charge is -2.29. The Morgan fingerprint density at radius 1 is 0.800 bits per heavy atom. The first-order valence-electron chi connectivity index (χ1n) is 10.8. The first-order chi connectivity index (χ1) is 13.2. The molecule has 1 N–H and O–H groups in total. The van der Waals surface area contributed by atoms with E-state index in [1.54, 1.807) is 0 Å². The molecule has 0 spiro atoms. The van der Waals surface area contributed by atoms with Gasteiger partial charge < -0.3 is 18.3 Å². The largest absolute Gasteiger partial charge is 0.542 e. The Labute approximate surface area is 188 Å². The number of nitrogens with one attached hydrogen (secondary N) is 1. The molecular formula is C21H43NO4Si4. The van der Waals surface area contributed by atoms with Crippen LogP contribution in [0, 0.1) is 0 Å². The average Bonchev–Trinajstić information content (AvgIpc) is 2.43. The maximum Gasteiger partial charge on any atom is 0.309 e. The van der Waals surface area contributed by atoms with E-state index in [2.05, 4.69) is 70.0 Å². The van der Waals surface area contributed by atoms with Crippen LogP contribution in [0.5, 0.6) is 11.5 Å². The second-order valence-corrected chi connectivity index (χ2v) is 30.0. The summed E-state index contributed by atoms with van der Waals surface area (Å²) in [4.78, 5) is 16.5. The smallest absolute Gasteiger partial charge is 0.309 e. The fraction of sp³-hybridized carbons (Fsp3) is 0.667. The van der Waals surface area contributed by atoms with Crippen molar-refractivity contribution in [2.75, 3.05) is 0 Å². The van der Waals surface area contributed by atoms with Gasteiger partial charge in [-0.2, -0.15) is 0 Å². The molecule has 1 rings (SSSR count). The second kappa shape index (κ2) is 9.72. The predicted molar refractivity (Wildman–Crippen MR) is 138 cm³/mol. The van der Waals surface area contributed by atoms with Crippen molar-refractivity contribution in [3.63, 3.8) is 0 Å². The number of hydrogen-bond donors (Lipinski definition) is 1. The quantitative estimate of drug-likeness (QED) is 0.423. The minimum Gasteiger partial charge on any atom is -0.542 e. The molecule has 1 atom stereocenters. The van der Waals surface area contributed by atoms with E-state index in [1.165, 1.54) is 0 Å².